The third-order valence-corrected chi connectivity index (χ3v) is 4.06. The van der Waals surface area contributed by atoms with Gasteiger partial charge in [0.25, 0.3) is 0 Å². The van der Waals surface area contributed by atoms with Crippen molar-refractivity contribution in [2.45, 2.75) is 39.3 Å². The minimum Gasteiger partial charge on any atom is -0.353 e. The first-order chi connectivity index (χ1) is 9.13. The molecule has 0 unspecified atom stereocenters. The van der Waals surface area contributed by atoms with Crippen molar-refractivity contribution in [3.05, 3.63) is 0 Å². The number of nitrogens with one attached hydrogen (secondary N) is 3. The Morgan fingerprint density at radius 2 is 1.52 bits per heavy atom. The lowest BCUT2D eigenvalue weighted by Crippen LogP contribution is -2.55. The van der Waals surface area contributed by atoms with E-state index in [-0.39, 0.29) is 12.5 Å². The van der Waals surface area contributed by atoms with E-state index in [1.54, 1.807) is 27.7 Å². The Morgan fingerprint density at radius 3 is 1.86 bits per heavy atom. The molecule has 0 saturated carbocycles. The maximum absolute atomic E-state index is 12.1. The van der Waals surface area contributed by atoms with Crippen LogP contribution in [0, 0.1) is 5.92 Å². The molecule has 0 spiro atoms. The molecule has 0 aliphatic rings. The first kappa shape index (κ1) is 20.3. The van der Waals surface area contributed by atoms with E-state index in [9.17, 15) is 21.6 Å². The molecule has 10 heteroatoms. The number of hydrogen-bond acceptors (Lipinski definition) is 5. The Morgan fingerprint density at radius 1 is 1.05 bits per heavy atom. The molecular formula is C11H25N3O5S2. The predicted octanol–water partition coefficient (Wildman–Crippen LogP) is -0.996. The van der Waals surface area contributed by atoms with Gasteiger partial charge in [-0.1, -0.05) is 13.8 Å². The Bertz CT molecular complexity index is 567. The zero-order valence-electron chi connectivity index (χ0n) is 13.2. The van der Waals surface area contributed by atoms with Crippen LogP contribution in [0.25, 0.3) is 0 Å². The largest absolute Gasteiger partial charge is 0.353 e. The van der Waals surface area contributed by atoms with Gasteiger partial charge in [-0.15, -0.1) is 0 Å². The van der Waals surface area contributed by atoms with E-state index < -0.39 is 37.5 Å². The fourth-order valence-corrected chi connectivity index (χ4v) is 3.60. The molecule has 0 aromatic carbocycles. The van der Waals surface area contributed by atoms with Gasteiger partial charge >= 0.3 is 0 Å². The van der Waals surface area contributed by atoms with Crippen molar-refractivity contribution in [3.63, 3.8) is 0 Å². The first-order valence-electron chi connectivity index (χ1n) is 6.37. The van der Waals surface area contributed by atoms with Crippen LogP contribution in [-0.4, -0.2) is 53.4 Å². The van der Waals surface area contributed by atoms with E-state index >= 15 is 0 Å². The maximum Gasteiger partial charge on any atom is 0.238 e. The van der Waals surface area contributed by atoms with Gasteiger partial charge in [0.2, 0.25) is 26.0 Å². The van der Waals surface area contributed by atoms with Gasteiger partial charge in [0.05, 0.1) is 12.5 Å². The first-order valence-corrected chi connectivity index (χ1v) is 10.2. The van der Waals surface area contributed by atoms with Gasteiger partial charge in [-0.2, -0.15) is 0 Å². The average molecular weight is 343 g/mol. The van der Waals surface area contributed by atoms with E-state index in [1.165, 1.54) is 0 Å². The van der Waals surface area contributed by atoms with Crippen LogP contribution in [0.3, 0.4) is 0 Å². The predicted molar refractivity (Wildman–Crippen MR) is 81.7 cm³/mol. The third-order valence-electron chi connectivity index (χ3n) is 2.46. The molecule has 126 valence electrons. The smallest absolute Gasteiger partial charge is 0.238 e. The van der Waals surface area contributed by atoms with Gasteiger partial charge in [-0.25, -0.2) is 26.3 Å². The van der Waals surface area contributed by atoms with Crippen LogP contribution in [0.4, 0.5) is 0 Å². The molecule has 3 N–H and O–H groups in total. The molecule has 8 nitrogen and oxygen atoms in total. The van der Waals surface area contributed by atoms with Crippen LogP contribution in [0.1, 0.15) is 27.7 Å². The van der Waals surface area contributed by atoms with Crippen molar-refractivity contribution < 1.29 is 21.6 Å². The summed E-state index contributed by atoms with van der Waals surface area (Å²) in [6.07, 6.45) is 2.00. The van der Waals surface area contributed by atoms with Crippen molar-refractivity contribution in [2.75, 3.05) is 19.1 Å². The zero-order chi connectivity index (χ0) is 17.1. The minimum atomic E-state index is -3.52. The zero-order valence-corrected chi connectivity index (χ0v) is 14.9. The van der Waals surface area contributed by atoms with E-state index in [1.807, 2.05) is 0 Å². The Labute approximate surface area is 127 Å². The molecule has 1 amide bonds. The summed E-state index contributed by atoms with van der Waals surface area (Å²) in [4.78, 5) is 12.1. The van der Waals surface area contributed by atoms with Gasteiger partial charge in [0, 0.05) is 12.1 Å². The van der Waals surface area contributed by atoms with Gasteiger partial charge in [0.1, 0.15) is 6.04 Å². The highest BCUT2D eigenvalue weighted by molar-refractivity contribution is 7.89. The molecule has 0 fully saturated rings. The van der Waals surface area contributed by atoms with Gasteiger partial charge in [-0.3, -0.25) is 4.79 Å². The quantitative estimate of drug-likeness (QED) is 0.522. The summed E-state index contributed by atoms with van der Waals surface area (Å²) in [7, 11) is -6.93. The maximum atomic E-state index is 12.1. The van der Waals surface area contributed by atoms with Gasteiger partial charge in [0.15, 0.2) is 0 Å². The molecule has 0 aliphatic carbocycles. The van der Waals surface area contributed by atoms with Crippen LogP contribution in [-0.2, 0) is 24.8 Å². The van der Waals surface area contributed by atoms with Crippen molar-refractivity contribution in [1.29, 1.82) is 0 Å². The lowest BCUT2D eigenvalue weighted by atomic mass is 10.0. The monoisotopic (exact) mass is 343 g/mol. The lowest BCUT2D eigenvalue weighted by molar-refractivity contribution is -0.123. The van der Waals surface area contributed by atoms with Gasteiger partial charge < -0.3 is 5.32 Å². The minimum absolute atomic E-state index is 0.0353. The molecule has 0 heterocycles. The molecule has 0 bridgehead atoms. The standard InChI is InChI=1S/C11H25N3O5S2/c1-8(2)9(13-20(5,16)17)10(15)12-7-11(3,4)14-21(6,18)19/h8-9,13-14H,7H2,1-6H3,(H,12,15)/t9-/m0/s1. The van der Waals surface area contributed by atoms with Crippen LogP contribution in [0.15, 0.2) is 0 Å². The molecule has 0 aromatic rings. The van der Waals surface area contributed by atoms with Crippen LogP contribution in [0.2, 0.25) is 0 Å². The van der Waals surface area contributed by atoms with E-state index in [2.05, 4.69) is 14.8 Å². The normalized spacial score (nSPS) is 15.0. The molecule has 0 aromatic heterocycles. The average Bonchev–Trinajstić information content (AvgIpc) is 2.17. The number of amides is 1. The molecule has 0 aliphatic heterocycles. The topological polar surface area (TPSA) is 121 Å². The van der Waals surface area contributed by atoms with Crippen LogP contribution in [0.5, 0.6) is 0 Å². The highest BCUT2D eigenvalue weighted by Crippen LogP contribution is 2.06. The second kappa shape index (κ2) is 7.03. The molecular weight excluding hydrogens is 318 g/mol. The summed E-state index contributed by atoms with van der Waals surface area (Å²) < 4.78 is 49.6. The number of carbonyl (C=O) groups is 1. The van der Waals surface area contributed by atoms with Crippen molar-refractivity contribution in [1.82, 2.24) is 14.8 Å². The third kappa shape index (κ3) is 9.77. The number of sulfonamides is 2. The highest BCUT2D eigenvalue weighted by Gasteiger charge is 2.28. The molecule has 21 heavy (non-hydrogen) atoms. The summed E-state index contributed by atoms with van der Waals surface area (Å²) in [5.41, 5.74) is -0.879. The molecule has 0 saturated heterocycles. The fraction of sp³-hybridized carbons (Fsp3) is 0.909. The molecule has 0 radical (unpaired) electrons. The summed E-state index contributed by atoms with van der Waals surface area (Å²) in [6.45, 7) is 6.68. The van der Waals surface area contributed by atoms with Crippen molar-refractivity contribution in [3.8, 4) is 0 Å². The van der Waals surface area contributed by atoms with Crippen LogP contribution < -0.4 is 14.8 Å². The van der Waals surface area contributed by atoms with E-state index in [0.29, 0.717) is 0 Å². The second-order valence-corrected chi connectivity index (χ2v) is 9.62. The molecule has 1 atom stereocenters. The fourth-order valence-electron chi connectivity index (χ4n) is 1.68. The lowest BCUT2D eigenvalue weighted by Gasteiger charge is -2.27. The number of rotatable bonds is 8. The SMILES string of the molecule is CC(C)[C@H](NS(C)(=O)=O)C(=O)NCC(C)(C)NS(C)(=O)=O. The summed E-state index contributed by atoms with van der Waals surface area (Å²) in [5, 5.41) is 2.56. The number of hydrogen-bond donors (Lipinski definition) is 3. The van der Waals surface area contributed by atoms with E-state index in [0.717, 1.165) is 12.5 Å². The van der Waals surface area contributed by atoms with Crippen molar-refractivity contribution >= 4 is 26.0 Å². The van der Waals surface area contributed by atoms with Crippen molar-refractivity contribution in [2.24, 2.45) is 5.92 Å². The van der Waals surface area contributed by atoms with E-state index in [4.69, 9.17) is 0 Å². The molecule has 0 rings (SSSR count). The summed E-state index contributed by atoms with van der Waals surface area (Å²) >= 11 is 0. The summed E-state index contributed by atoms with van der Waals surface area (Å²) in [6, 6.07) is -0.908. The number of carbonyl (C=O) groups excluding carboxylic acids is 1. The Kier molecular flexibility index (Phi) is 6.80. The second-order valence-electron chi connectivity index (χ2n) is 6.09. The Hall–Kier alpha value is -0.710. The van der Waals surface area contributed by atoms with Gasteiger partial charge in [-0.05, 0) is 19.8 Å². The highest BCUT2D eigenvalue weighted by atomic mass is 32.2. The summed E-state index contributed by atoms with van der Waals surface area (Å²) in [5.74, 6) is -0.746. The Balaban J connectivity index is 4.79. The van der Waals surface area contributed by atoms with Crippen LogP contribution >= 0.6 is 0 Å².